The first-order valence-corrected chi connectivity index (χ1v) is 15.9. The molecule has 41 heavy (non-hydrogen) atoms. The fourth-order valence-electron chi connectivity index (χ4n) is 4.48. The number of amides is 1. The lowest BCUT2D eigenvalue weighted by Crippen LogP contribution is -2.50. The Labute approximate surface area is 240 Å². The summed E-state index contributed by atoms with van der Waals surface area (Å²) >= 11 is 0. The van der Waals surface area contributed by atoms with Crippen LogP contribution in [0.4, 0.5) is 5.69 Å². The van der Waals surface area contributed by atoms with Crippen molar-refractivity contribution in [1.82, 2.24) is 18.8 Å². The fourth-order valence-corrected chi connectivity index (χ4v) is 6.70. The molecule has 0 saturated heterocycles. The van der Waals surface area contributed by atoms with E-state index in [-0.39, 0.29) is 52.5 Å². The van der Waals surface area contributed by atoms with Crippen LogP contribution in [0, 0.1) is 12.8 Å². The monoisotopic (exact) mass is 605 g/mol. The molecule has 4 rings (SSSR count). The number of nitrogens with zero attached hydrogens (tertiary/aromatic N) is 4. The Morgan fingerprint density at radius 1 is 1.17 bits per heavy atom. The van der Waals surface area contributed by atoms with Gasteiger partial charge in [0.15, 0.2) is 5.03 Å². The molecule has 3 atom stereocenters. The van der Waals surface area contributed by atoms with Crippen LogP contribution in [0.1, 0.15) is 29.8 Å². The van der Waals surface area contributed by atoms with E-state index in [0.29, 0.717) is 0 Å². The molecule has 0 radical (unpaired) electrons. The van der Waals surface area contributed by atoms with Crippen molar-refractivity contribution < 1.29 is 31.5 Å². The van der Waals surface area contributed by atoms with E-state index in [1.807, 2.05) is 13.8 Å². The number of benzene rings is 2. The molecule has 0 bridgehead atoms. The maximum Gasteiger partial charge on any atom is 0.280 e. The Bertz CT molecular complexity index is 1620. The number of hydrogen-bond donors (Lipinski definition) is 2. The number of carbonyl (C=O) groups excluding carboxylic acids is 1. The van der Waals surface area contributed by atoms with Crippen LogP contribution in [-0.2, 0) is 27.1 Å². The second-order valence-electron chi connectivity index (χ2n) is 10.4. The number of hydrogen-bond acceptors (Lipinski definition) is 8. The highest BCUT2D eigenvalue weighted by molar-refractivity contribution is 7.92. The summed E-state index contributed by atoms with van der Waals surface area (Å²) in [4.78, 5) is 19.2. The topological polar surface area (TPSA) is 151 Å². The van der Waals surface area contributed by atoms with Crippen LogP contribution in [-0.4, -0.2) is 85.5 Å². The number of carbonyl (C=O) groups is 1. The Hall–Kier alpha value is -3.46. The van der Waals surface area contributed by atoms with Gasteiger partial charge in [-0.25, -0.2) is 13.4 Å². The van der Waals surface area contributed by atoms with Gasteiger partial charge in [0.05, 0.1) is 36.0 Å². The highest BCUT2D eigenvalue weighted by Crippen LogP contribution is 2.32. The smallest absolute Gasteiger partial charge is 0.280 e. The van der Waals surface area contributed by atoms with E-state index in [2.05, 4.69) is 9.71 Å². The normalized spacial score (nSPS) is 18.8. The largest absolute Gasteiger partial charge is 0.488 e. The van der Waals surface area contributed by atoms with Gasteiger partial charge in [0, 0.05) is 38.4 Å². The van der Waals surface area contributed by atoms with Gasteiger partial charge in [-0.15, -0.1) is 0 Å². The first kappa shape index (κ1) is 30.5. The van der Waals surface area contributed by atoms with Crippen molar-refractivity contribution in [2.45, 2.75) is 42.8 Å². The van der Waals surface area contributed by atoms with Crippen LogP contribution in [0.2, 0.25) is 0 Å². The molecule has 2 aromatic carbocycles. The zero-order chi connectivity index (χ0) is 30.1. The standard InChI is InChI=1S/C27H35N5O7S2/c1-18-6-9-22(10-7-18)41(37,38)31(5)14-25-19(2)13-32(20(3)16-33)27(34)23-12-21(8-11-24(23)39-25)29-40(35,36)26-15-30(4)17-28-26/h6-12,15,17,19-20,25,29,33H,13-14,16H2,1-5H3/t19-,20-,25+/m1/s1. The number of sulfonamides is 2. The van der Waals surface area contributed by atoms with Crippen molar-refractivity contribution in [2.24, 2.45) is 13.0 Å². The van der Waals surface area contributed by atoms with E-state index in [4.69, 9.17) is 4.74 Å². The molecule has 0 spiro atoms. The Morgan fingerprint density at radius 3 is 2.46 bits per heavy atom. The van der Waals surface area contributed by atoms with Crippen molar-refractivity contribution in [3.05, 3.63) is 66.1 Å². The summed E-state index contributed by atoms with van der Waals surface area (Å²) in [7, 11) is -4.74. The molecular formula is C27H35N5O7S2. The molecule has 1 aromatic heterocycles. The van der Waals surface area contributed by atoms with E-state index in [1.165, 1.54) is 51.5 Å². The maximum atomic E-state index is 13.7. The molecular weight excluding hydrogens is 570 g/mol. The Kier molecular flexibility index (Phi) is 8.78. The van der Waals surface area contributed by atoms with Crippen LogP contribution < -0.4 is 9.46 Å². The van der Waals surface area contributed by atoms with Gasteiger partial charge in [-0.1, -0.05) is 24.6 Å². The number of likely N-dealkylation sites (N-methyl/N-ethyl adjacent to an activating group) is 1. The highest BCUT2D eigenvalue weighted by atomic mass is 32.2. The molecule has 0 saturated carbocycles. The van der Waals surface area contributed by atoms with Crippen molar-refractivity contribution in [3.63, 3.8) is 0 Å². The number of aromatic nitrogens is 2. The third kappa shape index (κ3) is 6.56. The predicted octanol–water partition coefficient (Wildman–Crippen LogP) is 2.07. The van der Waals surface area contributed by atoms with Crippen LogP contribution in [0.15, 0.2) is 64.9 Å². The number of imidazole rings is 1. The lowest BCUT2D eigenvalue weighted by molar-refractivity contribution is 0.0387. The van der Waals surface area contributed by atoms with Crippen LogP contribution in [0.5, 0.6) is 5.75 Å². The SMILES string of the molecule is Cc1ccc(S(=O)(=O)N(C)C[C@@H]2Oc3ccc(NS(=O)(=O)c4cn(C)cn4)cc3C(=O)N([C@H](C)CO)C[C@H]2C)cc1. The summed E-state index contributed by atoms with van der Waals surface area (Å²) in [6, 6.07) is 10.3. The van der Waals surface area contributed by atoms with Gasteiger partial charge in [0.1, 0.15) is 11.9 Å². The lowest BCUT2D eigenvalue weighted by atomic mass is 9.99. The van der Waals surface area contributed by atoms with Crippen molar-refractivity contribution >= 4 is 31.6 Å². The molecule has 3 aromatic rings. The van der Waals surface area contributed by atoms with Crippen molar-refractivity contribution in [1.29, 1.82) is 0 Å². The number of anilines is 1. The molecule has 12 nitrogen and oxygen atoms in total. The van der Waals surface area contributed by atoms with Gasteiger partial charge in [-0.05, 0) is 44.2 Å². The molecule has 1 aliphatic rings. The molecule has 14 heteroatoms. The van der Waals surface area contributed by atoms with E-state index in [0.717, 1.165) is 5.56 Å². The van der Waals surface area contributed by atoms with Crippen LogP contribution in [0.25, 0.3) is 0 Å². The summed E-state index contributed by atoms with van der Waals surface area (Å²) < 4.78 is 63.7. The Morgan fingerprint density at radius 2 is 1.85 bits per heavy atom. The minimum Gasteiger partial charge on any atom is -0.488 e. The van der Waals surface area contributed by atoms with Crippen molar-refractivity contribution in [2.75, 3.05) is 31.5 Å². The number of ether oxygens (including phenoxy) is 1. The van der Waals surface area contributed by atoms with E-state index >= 15 is 0 Å². The number of aliphatic hydroxyl groups excluding tert-OH is 1. The molecule has 0 aliphatic carbocycles. The molecule has 0 fully saturated rings. The van der Waals surface area contributed by atoms with Crippen LogP contribution in [0.3, 0.4) is 0 Å². The lowest BCUT2D eigenvalue weighted by Gasteiger charge is -2.38. The summed E-state index contributed by atoms with van der Waals surface area (Å²) in [5, 5.41) is 9.70. The second-order valence-corrected chi connectivity index (χ2v) is 14.1. The van der Waals surface area contributed by atoms with Gasteiger partial charge in [-0.3, -0.25) is 9.52 Å². The zero-order valence-electron chi connectivity index (χ0n) is 23.6. The Balaban J connectivity index is 1.68. The number of aliphatic hydroxyl groups is 1. The van der Waals surface area contributed by atoms with Gasteiger partial charge < -0.3 is 19.3 Å². The predicted molar refractivity (Wildman–Crippen MR) is 153 cm³/mol. The summed E-state index contributed by atoms with van der Waals surface area (Å²) in [6.07, 6.45) is 2.04. The molecule has 1 amide bonds. The first-order chi connectivity index (χ1) is 19.2. The highest BCUT2D eigenvalue weighted by Gasteiger charge is 2.35. The molecule has 222 valence electrons. The first-order valence-electron chi connectivity index (χ1n) is 13.0. The quantitative estimate of drug-likeness (QED) is 0.376. The number of nitrogens with one attached hydrogen (secondary N) is 1. The van der Waals surface area contributed by atoms with E-state index < -0.39 is 38.1 Å². The minimum atomic E-state index is -4.03. The van der Waals surface area contributed by atoms with Gasteiger partial charge in [0.25, 0.3) is 15.9 Å². The third-order valence-electron chi connectivity index (χ3n) is 7.04. The molecule has 1 aliphatic heterocycles. The third-order valence-corrected chi connectivity index (χ3v) is 10.1. The molecule has 0 unspecified atom stereocenters. The number of aryl methyl sites for hydroxylation is 2. The van der Waals surface area contributed by atoms with Crippen LogP contribution >= 0.6 is 0 Å². The minimum absolute atomic E-state index is 0.0135. The molecule has 2 N–H and O–H groups in total. The number of fused-ring (bicyclic) bond motifs is 1. The fraction of sp³-hybridized carbons (Fsp3) is 0.407. The van der Waals surface area contributed by atoms with Gasteiger partial charge >= 0.3 is 0 Å². The summed E-state index contributed by atoms with van der Waals surface area (Å²) in [5.41, 5.74) is 1.13. The summed E-state index contributed by atoms with van der Waals surface area (Å²) in [6.45, 7) is 5.28. The zero-order valence-corrected chi connectivity index (χ0v) is 25.2. The van der Waals surface area contributed by atoms with Crippen molar-refractivity contribution in [3.8, 4) is 5.75 Å². The summed E-state index contributed by atoms with van der Waals surface area (Å²) in [5.74, 6) is -0.603. The average Bonchev–Trinajstić information content (AvgIpc) is 3.38. The second kappa shape index (κ2) is 11.8. The van der Waals surface area contributed by atoms with Gasteiger partial charge in [0.2, 0.25) is 10.0 Å². The van der Waals surface area contributed by atoms with E-state index in [9.17, 15) is 26.7 Å². The van der Waals surface area contributed by atoms with E-state index in [1.54, 1.807) is 38.2 Å². The average molecular weight is 606 g/mol. The maximum absolute atomic E-state index is 13.7. The van der Waals surface area contributed by atoms with Gasteiger partial charge in [-0.2, -0.15) is 12.7 Å². The number of rotatable bonds is 9. The molecule has 2 heterocycles.